The van der Waals surface area contributed by atoms with Crippen molar-refractivity contribution in [3.63, 3.8) is 0 Å². The van der Waals surface area contributed by atoms with Gasteiger partial charge in [0.15, 0.2) is 0 Å². The predicted molar refractivity (Wildman–Crippen MR) is 135 cm³/mol. The van der Waals surface area contributed by atoms with Crippen LogP contribution in [0.25, 0.3) is 0 Å². The molecule has 30 heavy (non-hydrogen) atoms. The fourth-order valence-corrected chi connectivity index (χ4v) is 5.22. The molecule has 4 nitrogen and oxygen atoms in total. The maximum atomic E-state index is 9.29. The van der Waals surface area contributed by atoms with Crippen molar-refractivity contribution in [2.45, 2.75) is 153 Å². The first-order valence-corrected chi connectivity index (χ1v) is 15.1. The van der Waals surface area contributed by atoms with Crippen molar-refractivity contribution in [1.82, 2.24) is 6.15 Å². The maximum Gasteiger partial charge on any atom is 0.492 e. The van der Waals surface area contributed by atoms with Crippen LogP contribution >= 0.6 is 11.6 Å². The van der Waals surface area contributed by atoms with Crippen molar-refractivity contribution in [2.24, 2.45) is 0 Å². The van der Waals surface area contributed by atoms with Crippen LogP contribution in [0, 0.1) is 0 Å². The van der Waals surface area contributed by atoms with E-state index in [0.29, 0.717) is 6.42 Å². The van der Waals surface area contributed by atoms with Crippen LogP contribution in [0.5, 0.6) is 0 Å². The summed E-state index contributed by atoms with van der Waals surface area (Å²) in [5.74, 6) is 0. The molecule has 0 rings (SSSR count). The zero-order valence-electron chi connectivity index (χ0n) is 20.3. The molecule has 184 valence electrons. The average Bonchev–Trinajstić information content (AvgIpc) is 2.65. The van der Waals surface area contributed by atoms with Gasteiger partial charge in [0.1, 0.15) is 0 Å². The number of hydrogen-bond donors (Lipinski definition) is 4. The Morgan fingerprint density at radius 3 is 1.17 bits per heavy atom. The Morgan fingerprint density at radius 2 is 0.833 bits per heavy atom. The zero-order chi connectivity index (χ0) is 21.8. The zero-order valence-corrected chi connectivity index (χ0v) is 22.0. The summed E-state index contributed by atoms with van der Waals surface area (Å²) in [5, 5.41) is 0. The molecule has 0 radical (unpaired) electrons. The molecular formula is C24H54ClNO3Si. The summed E-state index contributed by atoms with van der Waals surface area (Å²) in [4.78, 5) is 27.6. The van der Waals surface area contributed by atoms with Crippen LogP contribution in [-0.4, -0.2) is 28.1 Å². The van der Waals surface area contributed by atoms with E-state index < -0.39 is 8.80 Å². The third-order valence-electron chi connectivity index (χ3n) is 6.09. The highest BCUT2D eigenvalue weighted by atomic mass is 35.5. The van der Waals surface area contributed by atoms with E-state index in [4.69, 9.17) is 11.6 Å². The highest BCUT2D eigenvalue weighted by Gasteiger charge is 2.30. The summed E-state index contributed by atoms with van der Waals surface area (Å²) in [6, 6.07) is 0.107. The number of unbranched alkanes of at least 4 members (excludes halogenated alkanes) is 14. The van der Waals surface area contributed by atoms with Gasteiger partial charge in [0.25, 0.3) is 0 Å². The lowest BCUT2D eigenvalue weighted by Crippen LogP contribution is -2.35. The van der Waals surface area contributed by atoms with E-state index in [9.17, 15) is 14.4 Å². The lowest BCUT2D eigenvalue weighted by molar-refractivity contribution is 0.224. The minimum atomic E-state index is -3.94. The first kappa shape index (κ1) is 32.5. The highest BCUT2D eigenvalue weighted by molar-refractivity contribution is 6.56. The van der Waals surface area contributed by atoms with Gasteiger partial charge in [-0.2, -0.15) is 0 Å². The second-order valence-electron chi connectivity index (χ2n) is 9.23. The fourth-order valence-electron chi connectivity index (χ4n) is 4.17. The minimum Gasteiger partial charge on any atom is -0.390 e. The molecule has 0 saturated heterocycles. The SMILES string of the molecule is CCCCCCCCCCC(Cl)(CCCCCCCCCC)CCC[Si](O)(O)O.N. The number of alkyl halides is 1. The van der Waals surface area contributed by atoms with Gasteiger partial charge in [-0.15, -0.1) is 11.6 Å². The van der Waals surface area contributed by atoms with Crippen LogP contribution in [0.4, 0.5) is 0 Å². The van der Waals surface area contributed by atoms with E-state index in [-0.39, 0.29) is 17.1 Å². The molecule has 0 fully saturated rings. The summed E-state index contributed by atoms with van der Waals surface area (Å²) in [5.41, 5.74) is 0. The van der Waals surface area contributed by atoms with Gasteiger partial charge in [-0.25, -0.2) is 0 Å². The predicted octanol–water partition coefficient (Wildman–Crippen LogP) is 7.88. The number of rotatable bonds is 22. The highest BCUT2D eigenvalue weighted by Crippen LogP contribution is 2.35. The molecule has 0 amide bonds. The Morgan fingerprint density at radius 1 is 0.533 bits per heavy atom. The van der Waals surface area contributed by atoms with E-state index in [1.807, 2.05) is 0 Å². The lowest BCUT2D eigenvalue weighted by atomic mass is 9.89. The van der Waals surface area contributed by atoms with E-state index in [1.165, 1.54) is 89.9 Å². The van der Waals surface area contributed by atoms with Gasteiger partial charge >= 0.3 is 8.80 Å². The molecule has 0 atom stereocenters. The Labute approximate surface area is 194 Å². The van der Waals surface area contributed by atoms with Gasteiger partial charge in [-0.1, -0.05) is 117 Å². The van der Waals surface area contributed by atoms with Crippen molar-refractivity contribution >= 4 is 20.4 Å². The molecule has 0 aliphatic heterocycles. The average molecular weight is 468 g/mol. The second-order valence-corrected chi connectivity index (χ2v) is 12.1. The molecule has 6 heteroatoms. The molecule has 0 aliphatic rings. The number of halogens is 1. The van der Waals surface area contributed by atoms with Gasteiger partial charge in [-0.3, -0.25) is 0 Å². The largest absolute Gasteiger partial charge is 0.492 e. The van der Waals surface area contributed by atoms with Crippen LogP contribution in [0.2, 0.25) is 6.04 Å². The van der Waals surface area contributed by atoms with Crippen molar-refractivity contribution in [1.29, 1.82) is 0 Å². The Hall–Kier alpha value is 0.347. The summed E-state index contributed by atoms with van der Waals surface area (Å²) < 4.78 is 0. The molecule has 0 aromatic carbocycles. The molecule has 0 unspecified atom stereocenters. The lowest BCUT2D eigenvalue weighted by Gasteiger charge is -2.28. The molecule has 0 heterocycles. The van der Waals surface area contributed by atoms with Gasteiger partial charge in [0.05, 0.1) is 0 Å². The van der Waals surface area contributed by atoms with Crippen LogP contribution in [0.15, 0.2) is 0 Å². The third-order valence-corrected chi connectivity index (χ3v) is 7.69. The first-order chi connectivity index (χ1) is 13.8. The molecule has 0 aromatic rings. The summed E-state index contributed by atoms with van der Waals surface area (Å²) in [6.45, 7) is 4.51. The molecule has 0 saturated carbocycles. The van der Waals surface area contributed by atoms with E-state index in [0.717, 1.165) is 32.1 Å². The van der Waals surface area contributed by atoms with Gasteiger partial charge in [0.2, 0.25) is 0 Å². The topological polar surface area (TPSA) is 95.7 Å². The summed E-state index contributed by atoms with van der Waals surface area (Å²) in [6.07, 6.45) is 24.2. The normalized spacial score (nSPS) is 12.2. The Balaban J connectivity index is 0. The molecular weight excluding hydrogens is 414 g/mol. The van der Waals surface area contributed by atoms with E-state index in [1.54, 1.807) is 0 Å². The molecule has 0 aromatic heterocycles. The van der Waals surface area contributed by atoms with E-state index >= 15 is 0 Å². The summed E-state index contributed by atoms with van der Waals surface area (Å²) >= 11 is 7.00. The van der Waals surface area contributed by atoms with Gasteiger partial charge < -0.3 is 20.5 Å². The quantitative estimate of drug-likeness (QED) is 0.0738. The van der Waals surface area contributed by atoms with Gasteiger partial charge in [-0.05, 0) is 25.7 Å². The molecule has 0 aliphatic carbocycles. The Kier molecular flexibility index (Phi) is 23.0. The Bertz CT molecular complexity index is 334. The second kappa shape index (κ2) is 21.2. The van der Waals surface area contributed by atoms with Crippen molar-refractivity contribution in [2.75, 3.05) is 0 Å². The monoisotopic (exact) mass is 467 g/mol. The smallest absolute Gasteiger partial charge is 0.390 e. The first-order valence-electron chi connectivity index (χ1n) is 12.7. The van der Waals surface area contributed by atoms with Crippen molar-refractivity contribution < 1.29 is 14.4 Å². The van der Waals surface area contributed by atoms with Crippen molar-refractivity contribution in [3.05, 3.63) is 0 Å². The van der Waals surface area contributed by atoms with Crippen LogP contribution in [0.1, 0.15) is 142 Å². The number of hydrogen-bond acceptors (Lipinski definition) is 4. The van der Waals surface area contributed by atoms with Crippen molar-refractivity contribution in [3.8, 4) is 0 Å². The van der Waals surface area contributed by atoms with Crippen LogP contribution in [0.3, 0.4) is 0 Å². The maximum absolute atomic E-state index is 9.29. The molecule has 0 bridgehead atoms. The molecule has 6 N–H and O–H groups in total. The fraction of sp³-hybridized carbons (Fsp3) is 1.00. The molecule has 0 spiro atoms. The van der Waals surface area contributed by atoms with Crippen LogP contribution < -0.4 is 6.15 Å². The van der Waals surface area contributed by atoms with Gasteiger partial charge in [0, 0.05) is 10.9 Å². The third kappa shape index (κ3) is 23.0. The minimum absolute atomic E-state index is 0. The van der Waals surface area contributed by atoms with E-state index in [2.05, 4.69) is 13.8 Å². The summed E-state index contributed by atoms with van der Waals surface area (Å²) in [7, 11) is -3.94. The standard InChI is InChI=1S/C24H51ClO3Si.H3N/c1-3-5-7-9-11-13-15-17-20-24(25,22-19-23-29(26,27)28)21-18-16-14-12-10-8-6-4-2;/h26-28H,3-23H2,1-2H3;1H3. The van der Waals surface area contributed by atoms with Crippen LogP contribution in [-0.2, 0) is 0 Å².